The van der Waals surface area contributed by atoms with E-state index in [0.29, 0.717) is 11.8 Å². The van der Waals surface area contributed by atoms with E-state index in [4.69, 9.17) is 8.83 Å². The summed E-state index contributed by atoms with van der Waals surface area (Å²) in [5.74, 6) is 0.872. The lowest BCUT2D eigenvalue weighted by molar-refractivity contribution is 0.660. The maximum Gasteiger partial charge on any atom is 0.136 e. The Morgan fingerprint density at radius 2 is 0.718 bits per heavy atom. The van der Waals surface area contributed by atoms with Gasteiger partial charge in [-0.05, 0) is 175 Å². The Hall–Kier alpha value is -8.86. The molecule has 2 heterocycles. The number of hydrogen-bond donors (Lipinski definition) is 0. The van der Waals surface area contributed by atoms with Crippen LogP contribution in [0.2, 0.25) is 0 Å². The maximum atomic E-state index is 6.85. The summed E-state index contributed by atoms with van der Waals surface area (Å²) in [5.41, 5.74) is 23.2. The van der Waals surface area contributed by atoms with Crippen LogP contribution in [-0.2, 0) is 10.8 Å². The van der Waals surface area contributed by atoms with E-state index >= 15 is 0 Å². The van der Waals surface area contributed by atoms with Gasteiger partial charge in [-0.15, -0.1) is 0 Å². The number of nitrogens with zero attached hydrogens (tertiary/aromatic N) is 2. The summed E-state index contributed by atoms with van der Waals surface area (Å²) in [6, 6.07) is 76.9. The molecule has 13 aromatic rings. The van der Waals surface area contributed by atoms with E-state index in [1.807, 2.05) is 0 Å². The highest BCUT2D eigenvalue weighted by molar-refractivity contribution is 6.28. The highest BCUT2D eigenvalue weighted by Crippen LogP contribution is 2.56. The Kier molecular flexibility index (Phi) is 10.0. The molecule has 11 aromatic carbocycles. The first-order valence-corrected chi connectivity index (χ1v) is 27.8. The van der Waals surface area contributed by atoms with Crippen LogP contribution in [0, 0.1) is 0 Å². The first-order valence-electron chi connectivity index (χ1n) is 27.8. The third kappa shape index (κ3) is 6.78. The minimum atomic E-state index is -0.120. The number of benzene rings is 11. The van der Waals surface area contributed by atoms with Crippen molar-refractivity contribution in [2.24, 2.45) is 0 Å². The van der Waals surface area contributed by atoms with Crippen LogP contribution in [0.15, 0.2) is 215 Å². The molecule has 78 heavy (non-hydrogen) atoms. The lowest BCUT2D eigenvalue weighted by Crippen LogP contribution is -2.16. The fourth-order valence-electron chi connectivity index (χ4n) is 13.6. The molecule has 0 saturated carbocycles. The average molecular weight is 1010 g/mol. The Morgan fingerprint density at radius 3 is 1.13 bits per heavy atom. The second-order valence-electron chi connectivity index (χ2n) is 23.7. The minimum absolute atomic E-state index is 0.120. The zero-order valence-corrected chi connectivity index (χ0v) is 45.5. The van der Waals surface area contributed by atoms with Crippen LogP contribution in [0.5, 0.6) is 0 Å². The molecule has 0 fully saturated rings. The molecule has 15 rings (SSSR count). The first-order chi connectivity index (χ1) is 37.8. The molecule has 0 aliphatic heterocycles. The average Bonchev–Trinajstić information content (AvgIpc) is 4.22. The van der Waals surface area contributed by atoms with Gasteiger partial charge in [0.05, 0.1) is 11.4 Å². The van der Waals surface area contributed by atoms with Crippen molar-refractivity contribution < 1.29 is 8.83 Å². The summed E-state index contributed by atoms with van der Waals surface area (Å²) < 4.78 is 13.7. The van der Waals surface area contributed by atoms with E-state index < -0.39 is 0 Å². The fraction of sp³-hybridized carbons (Fsp3) is 0.162. The third-order valence-electron chi connectivity index (χ3n) is 17.8. The third-order valence-corrected chi connectivity index (χ3v) is 17.8. The van der Waals surface area contributed by atoms with Crippen molar-refractivity contribution in [3.05, 3.63) is 240 Å². The summed E-state index contributed by atoms with van der Waals surface area (Å²) in [4.78, 5) is 4.90. The van der Waals surface area contributed by atoms with E-state index in [-0.39, 0.29) is 10.8 Å². The van der Waals surface area contributed by atoms with E-state index in [1.165, 1.54) is 67.0 Å². The van der Waals surface area contributed by atoms with Gasteiger partial charge in [-0.2, -0.15) is 0 Å². The number of anilines is 6. The largest absolute Gasteiger partial charge is 0.456 e. The van der Waals surface area contributed by atoms with E-state index in [9.17, 15) is 0 Å². The Morgan fingerprint density at radius 1 is 0.333 bits per heavy atom. The Bertz CT molecular complexity index is 4330. The lowest BCUT2D eigenvalue weighted by atomic mass is 9.82. The van der Waals surface area contributed by atoms with Gasteiger partial charge < -0.3 is 18.6 Å². The lowest BCUT2D eigenvalue weighted by Gasteiger charge is -2.29. The zero-order valence-electron chi connectivity index (χ0n) is 45.5. The van der Waals surface area contributed by atoms with Gasteiger partial charge in [0.15, 0.2) is 0 Å². The summed E-state index contributed by atoms with van der Waals surface area (Å²) in [6.45, 7) is 18.4. The van der Waals surface area contributed by atoms with E-state index in [2.05, 4.69) is 271 Å². The van der Waals surface area contributed by atoms with Crippen LogP contribution in [0.25, 0.3) is 87.7 Å². The summed E-state index contributed by atoms with van der Waals surface area (Å²) >= 11 is 0. The fourth-order valence-corrected chi connectivity index (χ4v) is 13.6. The standard InChI is InChI=1S/C74H60N2O2/c1-43(2)45-23-29-51(30-24-45)75(63-21-13-19-61-69(63)55-15-9-11-17-59(55)73(61,5)6)53-33-27-47-39-57-67(41-49(47)37-53)77-65-35-36-66-72(71(57)65)58-40-48-28-34-54(38-50(48)42-68(58)78-66)76(52-31-25-46(26-32-52)44(3)4)64-22-14-20-62-70(64)56-16-10-12-18-60(56)74(62,7)8/h9-44H,1-8H3. The highest BCUT2D eigenvalue weighted by atomic mass is 16.3. The zero-order chi connectivity index (χ0) is 52.9. The minimum Gasteiger partial charge on any atom is -0.456 e. The normalized spacial score (nSPS) is 14.1. The van der Waals surface area contributed by atoms with Crippen LogP contribution in [-0.4, -0.2) is 0 Å². The molecule has 2 aliphatic carbocycles. The number of furan rings is 2. The van der Waals surface area contributed by atoms with Gasteiger partial charge in [0.1, 0.15) is 22.3 Å². The summed E-state index contributed by atoms with van der Waals surface area (Å²) in [6.07, 6.45) is 0. The molecule has 0 amide bonds. The van der Waals surface area contributed by atoms with Crippen molar-refractivity contribution in [3.63, 3.8) is 0 Å². The molecule has 2 aromatic heterocycles. The molecular formula is C74H60N2O2. The molecular weight excluding hydrogens is 949 g/mol. The molecule has 4 nitrogen and oxygen atoms in total. The molecule has 4 heteroatoms. The summed E-state index contributed by atoms with van der Waals surface area (Å²) in [7, 11) is 0. The second kappa shape index (κ2) is 16.8. The van der Waals surface area contributed by atoms with Crippen LogP contribution in [0.1, 0.15) is 101 Å². The number of hydrogen-bond acceptors (Lipinski definition) is 4. The number of fused-ring (bicyclic) bond motifs is 15. The molecule has 0 N–H and O–H groups in total. The van der Waals surface area contributed by atoms with Crippen LogP contribution in [0.3, 0.4) is 0 Å². The van der Waals surface area contributed by atoms with Gasteiger partial charge in [0, 0.05) is 66.3 Å². The van der Waals surface area contributed by atoms with Crippen molar-refractivity contribution in [2.75, 3.05) is 9.80 Å². The quantitative estimate of drug-likeness (QED) is 0.152. The monoisotopic (exact) mass is 1010 g/mol. The predicted molar refractivity (Wildman–Crippen MR) is 329 cm³/mol. The smallest absolute Gasteiger partial charge is 0.136 e. The van der Waals surface area contributed by atoms with Crippen molar-refractivity contribution in [1.82, 2.24) is 0 Å². The van der Waals surface area contributed by atoms with Crippen LogP contribution >= 0.6 is 0 Å². The molecule has 0 bridgehead atoms. The molecule has 0 saturated heterocycles. The molecule has 378 valence electrons. The summed E-state index contributed by atoms with van der Waals surface area (Å²) in [5, 5.41) is 8.84. The van der Waals surface area contributed by atoms with Gasteiger partial charge in [-0.3, -0.25) is 0 Å². The Balaban J connectivity index is 0.861. The van der Waals surface area contributed by atoms with Crippen LogP contribution in [0.4, 0.5) is 34.1 Å². The van der Waals surface area contributed by atoms with Crippen LogP contribution < -0.4 is 9.80 Å². The van der Waals surface area contributed by atoms with Gasteiger partial charge in [0.2, 0.25) is 0 Å². The maximum absolute atomic E-state index is 6.85. The second-order valence-corrected chi connectivity index (χ2v) is 23.7. The van der Waals surface area contributed by atoms with Gasteiger partial charge in [-0.1, -0.05) is 165 Å². The van der Waals surface area contributed by atoms with Crippen molar-refractivity contribution in [3.8, 4) is 22.3 Å². The molecule has 0 atom stereocenters. The van der Waals surface area contributed by atoms with Gasteiger partial charge in [-0.25, -0.2) is 0 Å². The SMILES string of the molecule is CC(C)c1ccc(N(c2ccc3cc4c(cc3c2)oc2ccc3oc5cc6cc(N(c7ccc(C(C)C)cc7)c7cccc8c7-c7ccccc7C8(C)C)ccc6cc5c3c24)c2cccc3c2-c2ccccc2C3(C)C)cc1. The van der Waals surface area contributed by atoms with Gasteiger partial charge >= 0.3 is 0 Å². The molecule has 0 unspecified atom stereocenters. The Labute approximate surface area is 455 Å². The van der Waals surface area contributed by atoms with Crippen molar-refractivity contribution in [1.29, 1.82) is 0 Å². The predicted octanol–water partition coefficient (Wildman–Crippen LogP) is 21.6. The van der Waals surface area contributed by atoms with E-state index in [0.717, 1.165) is 88.2 Å². The molecule has 0 radical (unpaired) electrons. The van der Waals surface area contributed by atoms with Gasteiger partial charge in [0.25, 0.3) is 0 Å². The van der Waals surface area contributed by atoms with Crippen molar-refractivity contribution in [2.45, 2.75) is 78.1 Å². The van der Waals surface area contributed by atoms with Crippen molar-refractivity contribution >= 4 is 99.5 Å². The molecule has 0 spiro atoms. The topological polar surface area (TPSA) is 32.8 Å². The first kappa shape index (κ1) is 46.4. The molecule has 2 aliphatic rings. The van der Waals surface area contributed by atoms with E-state index in [1.54, 1.807) is 0 Å². The highest BCUT2D eigenvalue weighted by Gasteiger charge is 2.39. The number of rotatable bonds is 8.